The minimum absolute atomic E-state index is 0.0854. The van der Waals surface area contributed by atoms with E-state index in [0.29, 0.717) is 6.04 Å². The van der Waals surface area contributed by atoms with E-state index in [4.69, 9.17) is 0 Å². The summed E-state index contributed by atoms with van der Waals surface area (Å²) in [4.78, 5) is 14.0. The summed E-state index contributed by atoms with van der Waals surface area (Å²) >= 11 is 1.47. The maximum Gasteiger partial charge on any atom is 0.233 e. The number of carbonyl (C=O) groups excluding carboxylic acids is 1. The lowest BCUT2D eigenvalue weighted by Crippen LogP contribution is -2.32. The average molecular weight is 297 g/mol. The van der Waals surface area contributed by atoms with Gasteiger partial charge in [-0.2, -0.15) is 0 Å². The molecule has 1 atom stereocenters. The zero-order chi connectivity index (χ0) is 14.9. The predicted octanol–water partition coefficient (Wildman–Crippen LogP) is 1.68. The Kier molecular flexibility index (Phi) is 4.57. The van der Waals surface area contributed by atoms with Crippen LogP contribution in [0.5, 0.6) is 0 Å². The SMILES string of the molecule is CC(Sc1nnc(N(C)C)n1C(C)C)C(=O)NC1CC1. The Labute approximate surface area is 124 Å². The summed E-state index contributed by atoms with van der Waals surface area (Å²) in [6.45, 7) is 6.10. The van der Waals surface area contributed by atoms with E-state index < -0.39 is 0 Å². The molecule has 1 aliphatic rings. The smallest absolute Gasteiger partial charge is 0.233 e. The molecule has 6 nitrogen and oxygen atoms in total. The van der Waals surface area contributed by atoms with Crippen LogP contribution in [0, 0.1) is 0 Å². The minimum Gasteiger partial charge on any atom is -0.352 e. The minimum atomic E-state index is -0.160. The highest BCUT2D eigenvalue weighted by Crippen LogP contribution is 2.29. The number of amides is 1. The molecule has 0 bridgehead atoms. The third kappa shape index (κ3) is 3.45. The molecule has 1 heterocycles. The van der Waals surface area contributed by atoms with Gasteiger partial charge >= 0.3 is 0 Å². The van der Waals surface area contributed by atoms with Gasteiger partial charge in [0.15, 0.2) is 5.16 Å². The highest BCUT2D eigenvalue weighted by molar-refractivity contribution is 8.00. The molecule has 0 saturated heterocycles. The Morgan fingerprint density at radius 3 is 2.50 bits per heavy atom. The fourth-order valence-corrected chi connectivity index (χ4v) is 2.85. The number of hydrogen-bond acceptors (Lipinski definition) is 5. The number of thioether (sulfide) groups is 1. The first-order valence-corrected chi connectivity index (χ1v) is 7.87. The van der Waals surface area contributed by atoms with Crippen LogP contribution in [0.3, 0.4) is 0 Å². The molecule has 1 N–H and O–H groups in total. The van der Waals surface area contributed by atoms with Crippen molar-refractivity contribution in [3.63, 3.8) is 0 Å². The summed E-state index contributed by atoms with van der Waals surface area (Å²) in [6, 6.07) is 0.648. The average Bonchev–Trinajstić information content (AvgIpc) is 3.05. The third-order valence-electron chi connectivity index (χ3n) is 3.14. The molecule has 1 amide bonds. The molecule has 0 spiro atoms. The zero-order valence-corrected chi connectivity index (χ0v) is 13.6. The number of nitrogens with zero attached hydrogens (tertiary/aromatic N) is 4. The fourth-order valence-electron chi connectivity index (χ4n) is 1.86. The van der Waals surface area contributed by atoms with Gasteiger partial charge in [-0.05, 0) is 33.6 Å². The molecule has 1 aromatic heterocycles. The normalized spacial score (nSPS) is 16.3. The van der Waals surface area contributed by atoms with Crippen LogP contribution in [0.1, 0.15) is 39.7 Å². The van der Waals surface area contributed by atoms with E-state index in [1.54, 1.807) is 0 Å². The van der Waals surface area contributed by atoms with Crippen LogP contribution in [0.2, 0.25) is 0 Å². The molecule has 20 heavy (non-hydrogen) atoms. The van der Waals surface area contributed by atoms with Crippen molar-refractivity contribution in [1.29, 1.82) is 0 Å². The molecule has 112 valence electrons. The molecule has 7 heteroatoms. The summed E-state index contributed by atoms with van der Waals surface area (Å²) in [7, 11) is 3.89. The van der Waals surface area contributed by atoms with E-state index >= 15 is 0 Å². The highest BCUT2D eigenvalue weighted by Gasteiger charge is 2.27. The molecular formula is C13H23N5OS. The number of carbonyl (C=O) groups is 1. The first kappa shape index (κ1) is 15.2. The molecule has 0 aliphatic heterocycles. The van der Waals surface area contributed by atoms with E-state index in [2.05, 4.69) is 33.9 Å². The maximum atomic E-state index is 12.0. The second kappa shape index (κ2) is 6.03. The van der Waals surface area contributed by atoms with Crippen molar-refractivity contribution in [2.24, 2.45) is 0 Å². The molecule has 1 fully saturated rings. The van der Waals surface area contributed by atoms with E-state index in [-0.39, 0.29) is 17.2 Å². The van der Waals surface area contributed by atoms with Crippen LogP contribution < -0.4 is 10.2 Å². The van der Waals surface area contributed by atoms with Crippen molar-refractivity contribution in [3.05, 3.63) is 0 Å². The van der Waals surface area contributed by atoms with Gasteiger partial charge in [-0.1, -0.05) is 11.8 Å². The van der Waals surface area contributed by atoms with Crippen molar-refractivity contribution in [2.75, 3.05) is 19.0 Å². The molecule has 1 saturated carbocycles. The van der Waals surface area contributed by atoms with Crippen molar-refractivity contribution in [1.82, 2.24) is 20.1 Å². The van der Waals surface area contributed by atoms with Crippen molar-refractivity contribution in [2.45, 2.75) is 56.1 Å². The first-order chi connectivity index (χ1) is 9.40. The van der Waals surface area contributed by atoms with E-state index in [0.717, 1.165) is 23.9 Å². The van der Waals surface area contributed by atoms with Crippen molar-refractivity contribution in [3.8, 4) is 0 Å². The molecule has 1 aromatic rings. The van der Waals surface area contributed by atoms with Gasteiger partial charge in [0.1, 0.15) is 0 Å². The molecular weight excluding hydrogens is 274 g/mol. The predicted molar refractivity (Wildman–Crippen MR) is 81.2 cm³/mol. The quantitative estimate of drug-likeness (QED) is 0.810. The number of aromatic nitrogens is 3. The monoisotopic (exact) mass is 297 g/mol. The van der Waals surface area contributed by atoms with Gasteiger partial charge in [0.2, 0.25) is 11.9 Å². The van der Waals surface area contributed by atoms with Gasteiger partial charge in [0.25, 0.3) is 0 Å². The maximum absolute atomic E-state index is 12.0. The van der Waals surface area contributed by atoms with E-state index in [9.17, 15) is 4.79 Å². The Morgan fingerprint density at radius 2 is 2.00 bits per heavy atom. The Hall–Kier alpha value is -1.24. The van der Waals surface area contributed by atoms with Gasteiger partial charge in [-0.3, -0.25) is 9.36 Å². The van der Waals surface area contributed by atoms with Crippen LogP contribution in [0.15, 0.2) is 5.16 Å². The van der Waals surface area contributed by atoms with Gasteiger partial charge < -0.3 is 10.2 Å². The van der Waals surface area contributed by atoms with Gasteiger partial charge in [0.05, 0.1) is 5.25 Å². The van der Waals surface area contributed by atoms with Gasteiger partial charge in [-0.15, -0.1) is 10.2 Å². The fraction of sp³-hybridized carbons (Fsp3) is 0.769. The number of anilines is 1. The highest BCUT2D eigenvalue weighted by atomic mass is 32.2. The van der Waals surface area contributed by atoms with E-state index in [1.807, 2.05) is 25.9 Å². The van der Waals surface area contributed by atoms with Crippen molar-refractivity contribution < 1.29 is 4.79 Å². The second-order valence-corrected chi connectivity index (χ2v) is 6.99. The Bertz CT molecular complexity index is 481. The van der Waals surface area contributed by atoms with E-state index in [1.165, 1.54) is 11.8 Å². The van der Waals surface area contributed by atoms with Crippen LogP contribution in [0.25, 0.3) is 0 Å². The molecule has 2 rings (SSSR count). The summed E-state index contributed by atoms with van der Waals surface area (Å²) in [5, 5.41) is 12.1. The van der Waals surface area contributed by atoms with Gasteiger partial charge in [-0.25, -0.2) is 0 Å². The number of rotatable bonds is 6. The topological polar surface area (TPSA) is 63.1 Å². The molecule has 1 aliphatic carbocycles. The Balaban J connectivity index is 2.09. The summed E-state index contributed by atoms with van der Waals surface area (Å²) < 4.78 is 2.06. The van der Waals surface area contributed by atoms with Crippen molar-refractivity contribution >= 4 is 23.6 Å². The van der Waals surface area contributed by atoms with Gasteiger partial charge in [0, 0.05) is 26.2 Å². The zero-order valence-electron chi connectivity index (χ0n) is 12.8. The molecule has 0 radical (unpaired) electrons. The standard InChI is InChI=1S/C13H23N5OS/c1-8(2)18-12(17(4)5)15-16-13(18)20-9(3)11(19)14-10-6-7-10/h8-10H,6-7H2,1-5H3,(H,14,19). The molecule has 0 aromatic carbocycles. The number of nitrogens with one attached hydrogen (secondary N) is 1. The number of hydrogen-bond donors (Lipinski definition) is 1. The summed E-state index contributed by atoms with van der Waals surface area (Å²) in [5.41, 5.74) is 0. The first-order valence-electron chi connectivity index (χ1n) is 6.99. The summed E-state index contributed by atoms with van der Waals surface area (Å²) in [5.74, 6) is 0.902. The van der Waals surface area contributed by atoms with Crippen LogP contribution in [0.4, 0.5) is 5.95 Å². The van der Waals surface area contributed by atoms with Crippen LogP contribution in [-0.2, 0) is 4.79 Å². The van der Waals surface area contributed by atoms with Crippen LogP contribution in [-0.4, -0.2) is 46.1 Å². The summed E-state index contributed by atoms with van der Waals surface area (Å²) in [6.07, 6.45) is 2.21. The molecule has 1 unspecified atom stereocenters. The lowest BCUT2D eigenvalue weighted by Gasteiger charge is -2.18. The second-order valence-electron chi connectivity index (χ2n) is 5.68. The lowest BCUT2D eigenvalue weighted by molar-refractivity contribution is -0.120. The largest absolute Gasteiger partial charge is 0.352 e. The lowest BCUT2D eigenvalue weighted by atomic mass is 10.4. The third-order valence-corrected chi connectivity index (χ3v) is 4.19. The van der Waals surface area contributed by atoms with Crippen LogP contribution >= 0.6 is 11.8 Å². The Morgan fingerprint density at radius 1 is 1.35 bits per heavy atom.